The fourth-order valence-electron chi connectivity index (χ4n) is 4.76. The minimum Gasteiger partial charge on any atom is -0.444 e. The second-order valence-electron chi connectivity index (χ2n) is 12.5. The van der Waals surface area contributed by atoms with Crippen LogP contribution in [-0.4, -0.2) is 45.7 Å². The Hall–Kier alpha value is -2.22. The summed E-state index contributed by atoms with van der Waals surface area (Å²) in [5.74, 6) is -1.04. The van der Waals surface area contributed by atoms with E-state index in [1.54, 1.807) is 40.8 Å². The van der Waals surface area contributed by atoms with Crippen LogP contribution in [0, 0.1) is 12.8 Å². The number of hydrogen-bond acceptors (Lipinski definition) is 6. The van der Waals surface area contributed by atoms with Crippen molar-refractivity contribution in [2.45, 2.75) is 129 Å². The van der Waals surface area contributed by atoms with Gasteiger partial charge < -0.3 is 19.5 Å². The monoisotopic (exact) mass is 506 g/mol. The van der Waals surface area contributed by atoms with Crippen LogP contribution in [0.3, 0.4) is 0 Å². The molecule has 3 rings (SSSR count). The Labute approximate surface area is 214 Å². The zero-order chi connectivity index (χ0) is 26.9. The number of amides is 1. The smallest absolute Gasteiger partial charge is 0.407 e. The number of cyclic esters (lactones) is 1. The number of carbonyl (C=O) groups excluding carboxylic acids is 2. The average molecular weight is 507 g/mol. The maximum atomic E-state index is 15.0. The number of carbonyl (C=O) groups is 2. The third-order valence-electron chi connectivity index (χ3n) is 6.53. The lowest BCUT2D eigenvalue weighted by atomic mass is 9.82. The summed E-state index contributed by atoms with van der Waals surface area (Å²) in [5, 5.41) is 2.73. The molecule has 1 aromatic rings. The largest absolute Gasteiger partial charge is 0.444 e. The molecular weight excluding hydrogens is 463 g/mol. The summed E-state index contributed by atoms with van der Waals surface area (Å²) in [4.78, 5) is 30.8. The normalized spacial score (nSPS) is 22.8. The number of aromatic nitrogens is 1. The van der Waals surface area contributed by atoms with E-state index in [-0.39, 0.29) is 12.8 Å². The van der Waals surface area contributed by atoms with E-state index in [2.05, 4.69) is 10.3 Å². The van der Waals surface area contributed by atoms with Crippen molar-refractivity contribution in [2.24, 2.45) is 5.92 Å². The molecule has 0 unspecified atom stereocenters. The van der Waals surface area contributed by atoms with Gasteiger partial charge in [0.15, 0.2) is 5.60 Å². The van der Waals surface area contributed by atoms with E-state index in [0.717, 1.165) is 24.3 Å². The minimum absolute atomic E-state index is 0.0295. The van der Waals surface area contributed by atoms with E-state index in [4.69, 9.17) is 14.2 Å². The summed E-state index contributed by atoms with van der Waals surface area (Å²) in [6, 6.07) is 0.944. The predicted molar refractivity (Wildman–Crippen MR) is 135 cm³/mol. The zero-order valence-electron chi connectivity index (χ0n) is 23.1. The Morgan fingerprint density at radius 3 is 2.47 bits per heavy atom. The van der Waals surface area contributed by atoms with Crippen molar-refractivity contribution in [3.05, 3.63) is 29.1 Å². The number of esters is 1. The lowest BCUT2D eigenvalue weighted by Crippen LogP contribution is -2.60. The standard InChI is InChI=1S/C28H43FN2O5/c1-18-17-30-21(14-20(18)11-9-10-19-12-13-19)15-28(23(32)34-27(7,8)36-28)22(16-26(5,6)29)31-24(33)35-25(2,3)4/h14,17,19,22H,9-13,15-16H2,1-8H3,(H,31,33)/t22-,28+/m0/s1. The third kappa shape index (κ3) is 7.89. The Morgan fingerprint density at radius 1 is 1.28 bits per heavy atom. The molecule has 1 aromatic heterocycles. The highest BCUT2D eigenvalue weighted by molar-refractivity contribution is 5.84. The van der Waals surface area contributed by atoms with Crippen molar-refractivity contribution in [2.75, 3.05) is 0 Å². The molecule has 0 spiro atoms. The van der Waals surface area contributed by atoms with E-state index >= 15 is 4.39 Å². The number of pyridine rings is 1. The molecule has 0 bridgehead atoms. The Bertz CT molecular complexity index is 962. The first-order chi connectivity index (χ1) is 16.5. The minimum atomic E-state index is -1.71. The highest BCUT2D eigenvalue weighted by Crippen LogP contribution is 2.40. The second-order valence-corrected chi connectivity index (χ2v) is 12.5. The molecule has 1 aliphatic heterocycles. The number of alkyl carbamates (subject to hydrolysis) is 1. The number of alkyl halides is 1. The topological polar surface area (TPSA) is 86.8 Å². The molecule has 1 amide bonds. The summed E-state index contributed by atoms with van der Waals surface area (Å²) >= 11 is 0. The van der Waals surface area contributed by atoms with Gasteiger partial charge in [0, 0.05) is 38.6 Å². The molecule has 1 saturated carbocycles. The molecule has 0 aromatic carbocycles. The second kappa shape index (κ2) is 10.3. The van der Waals surface area contributed by atoms with Gasteiger partial charge in [-0.2, -0.15) is 0 Å². The van der Waals surface area contributed by atoms with Crippen LogP contribution in [0.5, 0.6) is 0 Å². The highest BCUT2D eigenvalue weighted by atomic mass is 19.1. The molecule has 2 fully saturated rings. The van der Waals surface area contributed by atoms with Gasteiger partial charge in [-0.1, -0.05) is 19.3 Å². The Balaban J connectivity index is 1.94. The number of aryl methyl sites for hydroxylation is 2. The van der Waals surface area contributed by atoms with E-state index in [9.17, 15) is 9.59 Å². The number of rotatable bonds is 10. The van der Waals surface area contributed by atoms with E-state index < -0.39 is 40.8 Å². The van der Waals surface area contributed by atoms with Crippen LogP contribution >= 0.6 is 0 Å². The first-order valence-electron chi connectivity index (χ1n) is 13.0. The van der Waals surface area contributed by atoms with Crippen molar-refractivity contribution >= 4 is 12.1 Å². The third-order valence-corrected chi connectivity index (χ3v) is 6.53. The van der Waals surface area contributed by atoms with Crippen LogP contribution in [0.4, 0.5) is 9.18 Å². The molecule has 2 heterocycles. The first kappa shape index (κ1) is 28.4. The molecule has 1 N–H and O–H groups in total. The van der Waals surface area contributed by atoms with E-state index in [1.807, 2.05) is 13.0 Å². The van der Waals surface area contributed by atoms with E-state index in [0.29, 0.717) is 5.69 Å². The SMILES string of the molecule is Cc1cnc(C[C@]2([C@H](CC(C)(C)F)NC(=O)OC(C)(C)C)OC(C)(C)OC2=O)cc1CCCC1CC1. The van der Waals surface area contributed by atoms with Crippen LogP contribution in [0.2, 0.25) is 0 Å². The Kier molecular flexibility index (Phi) is 8.09. The maximum absolute atomic E-state index is 15.0. The van der Waals surface area contributed by atoms with Gasteiger partial charge in [-0.25, -0.2) is 14.0 Å². The summed E-state index contributed by atoms with van der Waals surface area (Å²) in [5.41, 5.74) is -1.26. The molecule has 36 heavy (non-hydrogen) atoms. The molecule has 0 radical (unpaired) electrons. The van der Waals surface area contributed by atoms with Gasteiger partial charge in [0.1, 0.15) is 11.3 Å². The summed E-state index contributed by atoms with van der Waals surface area (Å²) in [6.07, 6.45) is 6.80. The lowest BCUT2D eigenvalue weighted by molar-refractivity contribution is -0.171. The number of hydrogen-bond donors (Lipinski definition) is 1. The fourth-order valence-corrected chi connectivity index (χ4v) is 4.76. The highest BCUT2D eigenvalue weighted by Gasteiger charge is 2.60. The van der Waals surface area contributed by atoms with Gasteiger partial charge in [-0.3, -0.25) is 4.98 Å². The van der Waals surface area contributed by atoms with Crippen molar-refractivity contribution in [3.63, 3.8) is 0 Å². The van der Waals surface area contributed by atoms with Gasteiger partial charge >= 0.3 is 12.1 Å². The van der Waals surface area contributed by atoms with E-state index in [1.165, 1.54) is 38.7 Å². The van der Waals surface area contributed by atoms with Crippen molar-refractivity contribution in [1.82, 2.24) is 10.3 Å². The van der Waals surface area contributed by atoms with Crippen molar-refractivity contribution < 1.29 is 28.2 Å². The molecule has 8 heteroatoms. The number of nitrogens with zero attached hydrogens (tertiary/aromatic N) is 1. The molecule has 1 aliphatic carbocycles. The molecule has 7 nitrogen and oxygen atoms in total. The maximum Gasteiger partial charge on any atom is 0.407 e. The summed E-state index contributed by atoms with van der Waals surface area (Å²) in [7, 11) is 0. The van der Waals surface area contributed by atoms with Crippen LogP contribution in [0.1, 0.15) is 97.4 Å². The number of ether oxygens (including phenoxy) is 3. The van der Waals surface area contributed by atoms with Gasteiger partial charge in [0.05, 0.1) is 6.04 Å². The van der Waals surface area contributed by atoms with Crippen molar-refractivity contribution in [1.29, 1.82) is 0 Å². The number of nitrogens with one attached hydrogen (secondary N) is 1. The van der Waals surface area contributed by atoms with Crippen LogP contribution in [-0.2, 0) is 31.8 Å². The molecule has 2 aliphatic rings. The van der Waals surface area contributed by atoms with Gasteiger partial charge in [-0.15, -0.1) is 0 Å². The van der Waals surface area contributed by atoms with Crippen LogP contribution in [0.25, 0.3) is 0 Å². The lowest BCUT2D eigenvalue weighted by Gasteiger charge is -2.37. The van der Waals surface area contributed by atoms with Crippen molar-refractivity contribution in [3.8, 4) is 0 Å². The summed E-state index contributed by atoms with van der Waals surface area (Å²) < 4.78 is 32.3. The quantitative estimate of drug-likeness (QED) is 0.407. The average Bonchev–Trinajstić information content (AvgIpc) is 3.46. The molecular formula is C28H43FN2O5. The van der Waals surface area contributed by atoms with Crippen LogP contribution < -0.4 is 5.32 Å². The fraction of sp³-hybridized carbons (Fsp3) is 0.750. The summed E-state index contributed by atoms with van der Waals surface area (Å²) in [6.45, 7) is 13.3. The van der Waals surface area contributed by atoms with Crippen LogP contribution in [0.15, 0.2) is 12.3 Å². The molecule has 1 saturated heterocycles. The van der Waals surface area contributed by atoms with Gasteiger partial charge in [-0.05, 0) is 77.5 Å². The number of halogens is 1. The molecule has 2 atom stereocenters. The van der Waals surface area contributed by atoms with Gasteiger partial charge in [0.2, 0.25) is 5.79 Å². The first-order valence-corrected chi connectivity index (χ1v) is 13.0. The Morgan fingerprint density at radius 2 is 1.94 bits per heavy atom. The van der Waals surface area contributed by atoms with Gasteiger partial charge in [0.25, 0.3) is 0 Å². The molecule has 202 valence electrons. The predicted octanol–water partition coefficient (Wildman–Crippen LogP) is 5.75. The zero-order valence-corrected chi connectivity index (χ0v) is 23.1.